The van der Waals surface area contributed by atoms with Crippen LogP contribution in [0.3, 0.4) is 0 Å². The molecule has 0 saturated carbocycles. The van der Waals surface area contributed by atoms with Gasteiger partial charge in [-0.25, -0.2) is 4.68 Å². The Hall–Kier alpha value is -3.61. The largest absolute Gasteiger partial charge is 0.497 e. The van der Waals surface area contributed by atoms with Crippen molar-refractivity contribution in [2.24, 2.45) is 0 Å². The van der Waals surface area contributed by atoms with E-state index >= 15 is 0 Å². The van der Waals surface area contributed by atoms with Crippen LogP contribution in [-0.2, 0) is 11.3 Å². The molecule has 1 amide bonds. The lowest BCUT2D eigenvalue weighted by Crippen LogP contribution is -2.29. The van der Waals surface area contributed by atoms with Gasteiger partial charge in [0.15, 0.2) is 0 Å². The normalized spacial score (nSPS) is 11.0. The number of aryl methyl sites for hydroxylation is 1. The highest BCUT2D eigenvalue weighted by molar-refractivity contribution is 6.06. The van der Waals surface area contributed by atoms with E-state index in [4.69, 9.17) is 4.74 Å². The Morgan fingerprint density at radius 1 is 1.19 bits per heavy atom. The molecular weight excluding hydrogens is 344 g/mol. The molecule has 2 heterocycles. The van der Waals surface area contributed by atoms with Crippen molar-refractivity contribution in [1.82, 2.24) is 14.8 Å². The highest BCUT2D eigenvalue weighted by Gasteiger charge is 2.13. The number of hydrogen-bond donors (Lipinski definition) is 2. The van der Waals surface area contributed by atoms with E-state index in [1.165, 1.54) is 0 Å². The molecule has 4 aromatic rings. The molecule has 0 aliphatic carbocycles. The first-order chi connectivity index (χ1) is 13.0. The average molecular weight is 362 g/mol. The SMILES string of the molecule is COc1ccc(NC(=O)Cn2ncc3c([nH]c4ccc(C)cc43)c2=O)cc1. The minimum Gasteiger partial charge on any atom is -0.497 e. The number of fused-ring (bicyclic) bond motifs is 3. The van der Waals surface area contributed by atoms with Crippen LogP contribution in [-0.4, -0.2) is 27.8 Å². The number of methoxy groups -OCH3 is 1. The molecule has 0 saturated heterocycles. The van der Waals surface area contributed by atoms with E-state index in [9.17, 15) is 9.59 Å². The molecule has 0 unspecified atom stereocenters. The quantitative estimate of drug-likeness (QED) is 0.584. The first-order valence-corrected chi connectivity index (χ1v) is 8.47. The van der Waals surface area contributed by atoms with Gasteiger partial charge in [0.25, 0.3) is 5.56 Å². The van der Waals surface area contributed by atoms with Gasteiger partial charge in [0.1, 0.15) is 17.8 Å². The molecule has 0 radical (unpaired) electrons. The van der Waals surface area contributed by atoms with Crippen LogP contribution >= 0.6 is 0 Å². The lowest BCUT2D eigenvalue weighted by Gasteiger charge is -2.07. The minimum absolute atomic E-state index is 0.171. The summed E-state index contributed by atoms with van der Waals surface area (Å²) in [4.78, 5) is 28.1. The topological polar surface area (TPSA) is 89.0 Å². The number of hydrogen-bond acceptors (Lipinski definition) is 4. The number of aromatic nitrogens is 3. The Labute approximate surface area is 154 Å². The van der Waals surface area contributed by atoms with Crippen LogP contribution < -0.4 is 15.6 Å². The lowest BCUT2D eigenvalue weighted by molar-refractivity contribution is -0.117. The predicted octanol–water partition coefficient (Wildman–Crippen LogP) is 2.83. The van der Waals surface area contributed by atoms with Gasteiger partial charge in [0, 0.05) is 22.0 Å². The minimum atomic E-state index is -0.332. The second kappa shape index (κ2) is 6.60. The number of ether oxygens (including phenoxy) is 1. The Bertz CT molecular complexity index is 1210. The average Bonchev–Trinajstić information content (AvgIpc) is 3.03. The number of carbonyl (C=O) groups is 1. The van der Waals surface area contributed by atoms with Crippen molar-refractivity contribution in [1.29, 1.82) is 0 Å². The number of H-pyrrole nitrogens is 1. The molecule has 2 aromatic heterocycles. The third-order valence-electron chi connectivity index (χ3n) is 4.44. The molecule has 2 N–H and O–H groups in total. The molecular formula is C20H18N4O3. The van der Waals surface area contributed by atoms with Crippen LogP contribution in [0.5, 0.6) is 5.75 Å². The van der Waals surface area contributed by atoms with Crippen LogP contribution in [0, 0.1) is 6.92 Å². The summed E-state index contributed by atoms with van der Waals surface area (Å²) in [7, 11) is 1.58. The van der Waals surface area contributed by atoms with Gasteiger partial charge in [-0.3, -0.25) is 9.59 Å². The van der Waals surface area contributed by atoms with Crippen LogP contribution in [0.2, 0.25) is 0 Å². The second-order valence-corrected chi connectivity index (χ2v) is 6.35. The zero-order valence-corrected chi connectivity index (χ0v) is 14.9. The number of rotatable bonds is 4. The maximum Gasteiger partial charge on any atom is 0.291 e. The summed E-state index contributed by atoms with van der Waals surface area (Å²) in [6, 6.07) is 12.9. The summed E-state index contributed by atoms with van der Waals surface area (Å²) < 4.78 is 6.24. The van der Waals surface area contributed by atoms with Crippen molar-refractivity contribution in [3.63, 3.8) is 0 Å². The van der Waals surface area contributed by atoms with Gasteiger partial charge < -0.3 is 15.0 Å². The Morgan fingerprint density at radius 3 is 2.70 bits per heavy atom. The Kier molecular flexibility index (Phi) is 4.12. The van der Waals surface area contributed by atoms with Gasteiger partial charge in [0.05, 0.1) is 13.3 Å². The van der Waals surface area contributed by atoms with E-state index in [0.717, 1.165) is 26.5 Å². The molecule has 0 fully saturated rings. The summed E-state index contributed by atoms with van der Waals surface area (Å²) in [5, 5.41) is 8.62. The maximum absolute atomic E-state index is 12.7. The molecule has 0 aliphatic rings. The van der Waals surface area contributed by atoms with Gasteiger partial charge in [-0.1, -0.05) is 11.6 Å². The van der Waals surface area contributed by atoms with Crippen LogP contribution in [0.4, 0.5) is 5.69 Å². The van der Waals surface area contributed by atoms with Crippen LogP contribution in [0.1, 0.15) is 5.56 Å². The van der Waals surface area contributed by atoms with E-state index in [-0.39, 0.29) is 18.0 Å². The fourth-order valence-corrected chi connectivity index (χ4v) is 3.06. The van der Waals surface area contributed by atoms with E-state index in [2.05, 4.69) is 15.4 Å². The molecule has 0 atom stereocenters. The molecule has 2 aromatic carbocycles. The summed E-state index contributed by atoms with van der Waals surface area (Å²) in [5.41, 5.74) is 2.71. The number of aromatic amines is 1. The fourth-order valence-electron chi connectivity index (χ4n) is 3.06. The Balaban J connectivity index is 1.61. The zero-order valence-electron chi connectivity index (χ0n) is 14.9. The van der Waals surface area contributed by atoms with Gasteiger partial charge in [-0.2, -0.15) is 5.10 Å². The summed E-state index contributed by atoms with van der Waals surface area (Å²) >= 11 is 0. The van der Waals surface area contributed by atoms with Crippen molar-refractivity contribution >= 4 is 33.4 Å². The van der Waals surface area contributed by atoms with Gasteiger partial charge in [-0.05, 0) is 43.3 Å². The van der Waals surface area contributed by atoms with Crippen molar-refractivity contribution < 1.29 is 9.53 Å². The highest BCUT2D eigenvalue weighted by atomic mass is 16.5. The van der Waals surface area contributed by atoms with Crippen LogP contribution in [0.25, 0.3) is 21.8 Å². The van der Waals surface area contributed by atoms with Crippen LogP contribution in [0.15, 0.2) is 53.5 Å². The van der Waals surface area contributed by atoms with Crippen molar-refractivity contribution in [2.45, 2.75) is 13.5 Å². The number of anilines is 1. The molecule has 27 heavy (non-hydrogen) atoms. The molecule has 0 spiro atoms. The number of nitrogens with one attached hydrogen (secondary N) is 2. The van der Waals surface area contributed by atoms with Crippen molar-refractivity contribution in [3.8, 4) is 5.75 Å². The molecule has 0 bridgehead atoms. The number of amides is 1. The molecule has 4 rings (SSSR count). The van der Waals surface area contributed by atoms with E-state index in [1.54, 1.807) is 37.6 Å². The van der Waals surface area contributed by atoms with Gasteiger partial charge in [-0.15, -0.1) is 0 Å². The monoisotopic (exact) mass is 362 g/mol. The second-order valence-electron chi connectivity index (χ2n) is 6.35. The van der Waals surface area contributed by atoms with E-state index in [1.807, 2.05) is 25.1 Å². The summed E-state index contributed by atoms with van der Waals surface area (Å²) in [5.74, 6) is 0.367. The smallest absolute Gasteiger partial charge is 0.291 e. The standard InChI is InChI=1S/C20H18N4O3/c1-12-3-8-17-15(9-12)16-10-21-24(20(26)19(16)23-17)11-18(25)22-13-4-6-14(27-2)7-5-13/h3-10,23H,11H2,1-2H3,(H,22,25). The molecule has 0 aliphatic heterocycles. The number of nitrogens with zero attached hydrogens (tertiary/aromatic N) is 2. The molecule has 7 nitrogen and oxygen atoms in total. The van der Waals surface area contributed by atoms with E-state index < -0.39 is 0 Å². The predicted molar refractivity (Wildman–Crippen MR) is 104 cm³/mol. The third kappa shape index (κ3) is 3.15. The van der Waals surface area contributed by atoms with E-state index in [0.29, 0.717) is 17.0 Å². The first kappa shape index (κ1) is 16.8. The number of benzene rings is 2. The van der Waals surface area contributed by atoms with Crippen molar-refractivity contribution in [2.75, 3.05) is 12.4 Å². The highest BCUT2D eigenvalue weighted by Crippen LogP contribution is 2.23. The molecule has 7 heteroatoms. The van der Waals surface area contributed by atoms with Gasteiger partial charge >= 0.3 is 0 Å². The third-order valence-corrected chi connectivity index (χ3v) is 4.44. The lowest BCUT2D eigenvalue weighted by atomic mass is 10.1. The molecule has 136 valence electrons. The summed E-state index contributed by atoms with van der Waals surface area (Å²) in [6.07, 6.45) is 1.62. The zero-order chi connectivity index (χ0) is 19.0. The first-order valence-electron chi connectivity index (χ1n) is 8.47. The summed E-state index contributed by atoms with van der Waals surface area (Å²) in [6.45, 7) is 1.83. The van der Waals surface area contributed by atoms with Gasteiger partial charge in [0.2, 0.25) is 5.91 Å². The van der Waals surface area contributed by atoms with Crippen molar-refractivity contribution in [3.05, 3.63) is 64.6 Å². The maximum atomic E-state index is 12.7. The Morgan fingerprint density at radius 2 is 1.96 bits per heavy atom. The fraction of sp³-hybridized carbons (Fsp3) is 0.150. The number of carbonyl (C=O) groups excluding carboxylic acids is 1.